The quantitative estimate of drug-likeness (QED) is 0.758. The second-order valence-electron chi connectivity index (χ2n) is 6.87. The summed E-state index contributed by atoms with van der Waals surface area (Å²) in [5.41, 5.74) is 3.00. The molecule has 2 heterocycles. The molecule has 1 aliphatic carbocycles. The van der Waals surface area contributed by atoms with Gasteiger partial charge in [0.05, 0.1) is 11.0 Å². The molecular weight excluding hydrogens is 328 g/mol. The number of carbonyl (C=O) groups is 1. The zero-order valence-electron chi connectivity index (χ0n) is 14.6. The summed E-state index contributed by atoms with van der Waals surface area (Å²) in [6, 6.07) is 9.43. The van der Waals surface area contributed by atoms with Crippen molar-refractivity contribution < 1.29 is 4.79 Å². The molecule has 0 unspecified atom stereocenters. The van der Waals surface area contributed by atoms with Crippen molar-refractivity contribution in [3.63, 3.8) is 0 Å². The Kier molecular flexibility index (Phi) is 4.56. The number of hydrogen-bond acceptors (Lipinski definition) is 3. The Labute approximate surface area is 151 Å². The average molecular weight is 350 g/mol. The Bertz CT molecular complexity index is 968. The lowest BCUT2D eigenvalue weighted by Gasteiger charge is -2.22. The van der Waals surface area contributed by atoms with Crippen molar-refractivity contribution in [1.82, 2.24) is 19.9 Å². The van der Waals surface area contributed by atoms with Crippen molar-refractivity contribution in [2.45, 2.75) is 44.7 Å². The van der Waals surface area contributed by atoms with Crippen molar-refractivity contribution in [1.29, 1.82) is 0 Å². The molecule has 1 amide bonds. The van der Waals surface area contributed by atoms with Crippen molar-refractivity contribution in [2.75, 3.05) is 0 Å². The van der Waals surface area contributed by atoms with Crippen LogP contribution < -0.4 is 11.0 Å². The Balaban J connectivity index is 1.56. The number of carbonyl (C=O) groups excluding carboxylic acids is 1. The van der Waals surface area contributed by atoms with Crippen LogP contribution in [0, 0.1) is 0 Å². The fourth-order valence-electron chi connectivity index (χ4n) is 3.76. The predicted molar refractivity (Wildman–Crippen MR) is 100 cm³/mol. The number of H-pyrrole nitrogens is 1. The molecule has 1 saturated carbocycles. The van der Waals surface area contributed by atoms with E-state index in [1.165, 1.54) is 19.3 Å². The van der Waals surface area contributed by atoms with E-state index in [2.05, 4.69) is 15.3 Å². The van der Waals surface area contributed by atoms with Gasteiger partial charge in [-0.15, -0.1) is 0 Å². The molecule has 1 aromatic carbocycles. The molecule has 0 saturated heterocycles. The minimum absolute atomic E-state index is 0.0835. The summed E-state index contributed by atoms with van der Waals surface area (Å²) in [5, 5.41) is 2.89. The zero-order valence-corrected chi connectivity index (χ0v) is 14.6. The number of nitrogens with zero attached hydrogens (tertiary/aromatic N) is 2. The predicted octanol–water partition coefficient (Wildman–Crippen LogP) is 3.16. The van der Waals surface area contributed by atoms with Crippen LogP contribution in [-0.2, 0) is 6.54 Å². The van der Waals surface area contributed by atoms with Gasteiger partial charge in [-0.2, -0.15) is 0 Å². The molecule has 26 heavy (non-hydrogen) atoms. The van der Waals surface area contributed by atoms with Crippen LogP contribution in [-0.4, -0.2) is 20.4 Å². The van der Waals surface area contributed by atoms with Crippen LogP contribution in [0.4, 0.5) is 0 Å². The molecule has 2 aromatic heterocycles. The second-order valence-corrected chi connectivity index (χ2v) is 6.87. The van der Waals surface area contributed by atoms with E-state index in [4.69, 9.17) is 0 Å². The summed E-state index contributed by atoms with van der Waals surface area (Å²) in [6.07, 6.45) is 9.09. The van der Waals surface area contributed by atoms with E-state index in [1.807, 2.05) is 22.8 Å². The Morgan fingerprint density at radius 2 is 2.08 bits per heavy atom. The van der Waals surface area contributed by atoms with Crippen molar-refractivity contribution in [3.8, 4) is 0 Å². The largest absolute Gasteiger partial charge is 0.348 e. The first-order valence-corrected chi connectivity index (χ1v) is 9.14. The lowest BCUT2D eigenvalue weighted by Crippen LogP contribution is -2.24. The third kappa shape index (κ3) is 3.27. The number of aromatic amines is 1. The lowest BCUT2D eigenvalue weighted by molar-refractivity contribution is 0.0951. The topological polar surface area (TPSA) is 79.8 Å². The smallest absolute Gasteiger partial charge is 0.326 e. The molecule has 134 valence electrons. The number of aromatic nitrogens is 3. The standard InChI is InChI=1S/C20H22N4O2/c25-19(22-13-14-5-4-10-21-12-14)15-8-9-18-17(11-15)23-20(26)24(18)16-6-2-1-3-7-16/h4-5,8-12,16H,1-3,6-7,13H2,(H,22,25)(H,23,26). The summed E-state index contributed by atoms with van der Waals surface area (Å²) < 4.78 is 1.87. The third-order valence-corrected chi connectivity index (χ3v) is 5.09. The number of fused-ring (bicyclic) bond motifs is 1. The Hall–Kier alpha value is -2.89. The number of nitrogens with one attached hydrogen (secondary N) is 2. The maximum Gasteiger partial charge on any atom is 0.326 e. The highest BCUT2D eigenvalue weighted by molar-refractivity contribution is 5.97. The van der Waals surface area contributed by atoms with Crippen LogP contribution in [0.25, 0.3) is 11.0 Å². The molecule has 1 aliphatic rings. The Morgan fingerprint density at radius 1 is 1.23 bits per heavy atom. The first-order chi connectivity index (χ1) is 12.7. The fraction of sp³-hybridized carbons (Fsp3) is 0.350. The molecular formula is C20H22N4O2. The van der Waals surface area contributed by atoms with Gasteiger partial charge in [-0.05, 0) is 42.7 Å². The van der Waals surface area contributed by atoms with Gasteiger partial charge >= 0.3 is 5.69 Å². The molecule has 4 rings (SSSR count). The highest BCUT2D eigenvalue weighted by Gasteiger charge is 2.20. The summed E-state index contributed by atoms with van der Waals surface area (Å²) >= 11 is 0. The molecule has 0 bridgehead atoms. The van der Waals surface area contributed by atoms with E-state index < -0.39 is 0 Å². The van der Waals surface area contributed by atoms with Gasteiger partial charge in [0.1, 0.15) is 0 Å². The number of rotatable bonds is 4. The average Bonchev–Trinajstić information content (AvgIpc) is 3.02. The van der Waals surface area contributed by atoms with Crippen molar-refractivity contribution >= 4 is 16.9 Å². The number of hydrogen-bond donors (Lipinski definition) is 2. The van der Waals surface area contributed by atoms with E-state index >= 15 is 0 Å². The van der Waals surface area contributed by atoms with E-state index in [-0.39, 0.29) is 17.6 Å². The van der Waals surface area contributed by atoms with Crippen LogP contribution in [0.3, 0.4) is 0 Å². The lowest BCUT2D eigenvalue weighted by atomic mass is 9.95. The summed E-state index contributed by atoms with van der Waals surface area (Å²) in [5.74, 6) is -0.165. The van der Waals surface area contributed by atoms with E-state index in [0.717, 1.165) is 29.4 Å². The molecule has 3 aromatic rings. The van der Waals surface area contributed by atoms with Crippen molar-refractivity contribution in [3.05, 3.63) is 64.3 Å². The molecule has 0 radical (unpaired) electrons. The monoisotopic (exact) mass is 350 g/mol. The van der Waals surface area contributed by atoms with Gasteiger partial charge in [0.2, 0.25) is 0 Å². The van der Waals surface area contributed by atoms with Crippen molar-refractivity contribution in [2.24, 2.45) is 0 Å². The summed E-state index contributed by atoms with van der Waals surface area (Å²) in [6.45, 7) is 0.421. The molecule has 1 fully saturated rings. The SMILES string of the molecule is O=C(NCc1cccnc1)c1ccc2c(c1)[nH]c(=O)n2C1CCCCC1. The normalized spacial score (nSPS) is 15.2. The van der Waals surface area contributed by atoms with Crippen LogP contribution in [0.5, 0.6) is 0 Å². The van der Waals surface area contributed by atoms with Gasteiger partial charge < -0.3 is 10.3 Å². The molecule has 6 heteroatoms. The highest BCUT2D eigenvalue weighted by atomic mass is 16.2. The van der Waals surface area contributed by atoms with Crippen LogP contribution in [0.15, 0.2) is 47.5 Å². The molecule has 6 nitrogen and oxygen atoms in total. The summed E-state index contributed by atoms with van der Waals surface area (Å²) in [7, 11) is 0. The fourth-order valence-corrected chi connectivity index (χ4v) is 3.76. The number of pyridine rings is 1. The highest BCUT2D eigenvalue weighted by Crippen LogP contribution is 2.29. The van der Waals surface area contributed by atoms with Gasteiger partial charge in [0.15, 0.2) is 0 Å². The molecule has 2 N–H and O–H groups in total. The van der Waals surface area contributed by atoms with E-state index in [0.29, 0.717) is 12.1 Å². The van der Waals surface area contributed by atoms with Crippen LogP contribution in [0.1, 0.15) is 54.1 Å². The maximum absolute atomic E-state index is 12.4. The van der Waals surface area contributed by atoms with Gasteiger partial charge in [0.25, 0.3) is 5.91 Å². The van der Waals surface area contributed by atoms with E-state index in [1.54, 1.807) is 24.5 Å². The first-order valence-electron chi connectivity index (χ1n) is 9.14. The zero-order chi connectivity index (χ0) is 17.9. The second kappa shape index (κ2) is 7.15. The van der Waals surface area contributed by atoms with Gasteiger partial charge in [0, 0.05) is 30.5 Å². The molecule has 0 spiro atoms. The first kappa shape index (κ1) is 16.6. The van der Waals surface area contributed by atoms with Gasteiger partial charge in [-0.3, -0.25) is 14.3 Å². The molecule has 0 atom stereocenters. The van der Waals surface area contributed by atoms with Crippen LogP contribution >= 0.6 is 0 Å². The summed E-state index contributed by atoms with van der Waals surface area (Å²) in [4.78, 5) is 31.8. The number of amides is 1. The maximum atomic E-state index is 12.4. The minimum atomic E-state index is -0.165. The third-order valence-electron chi connectivity index (χ3n) is 5.09. The number of benzene rings is 1. The van der Waals surface area contributed by atoms with E-state index in [9.17, 15) is 9.59 Å². The number of imidazole rings is 1. The molecule has 0 aliphatic heterocycles. The minimum Gasteiger partial charge on any atom is -0.348 e. The van der Waals surface area contributed by atoms with Crippen LogP contribution in [0.2, 0.25) is 0 Å². The van der Waals surface area contributed by atoms with Gasteiger partial charge in [-0.1, -0.05) is 25.3 Å². The Morgan fingerprint density at radius 3 is 2.85 bits per heavy atom. The van der Waals surface area contributed by atoms with Gasteiger partial charge in [-0.25, -0.2) is 4.79 Å².